The second kappa shape index (κ2) is 4.45. The van der Waals surface area contributed by atoms with E-state index in [-0.39, 0.29) is 12.4 Å². The van der Waals surface area contributed by atoms with Crippen LogP contribution in [0, 0.1) is 5.82 Å². The number of hydrogen-bond acceptors (Lipinski definition) is 3. The molecule has 0 aliphatic heterocycles. The Bertz CT molecular complexity index is 281. The molecule has 0 heterocycles. The van der Waals surface area contributed by atoms with Gasteiger partial charge in [-0.25, -0.2) is 9.18 Å². The van der Waals surface area contributed by atoms with Crippen LogP contribution in [0.15, 0.2) is 24.3 Å². The molecule has 1 rings (SSSR count). The van der Waals surface area contributed by atoms with Crippen molar-refractivity contribution < 1.29 is 18.7 Å². The monoisotopic (exact) mass is 184 g/mol. The number of halogens is 1. The molecular weight excluding hydrogens is 175 g/mol. The lowest BCUT2D eigenvalue weighted by Crippen LogP contribution is -2.12. The minimum Gasteiger partial charge on any atom is -0.482 e. The molecule has 13 heavy (non-hydrogen) atoms. The summed E-state index contributed by atoms with van der Waals surface area (Å²) in [6, 6.07) is 5.40. The van der Waals surface area contributed by atoms with Crippen LogP contribution in [-0.2, 0) is 9.53 Å². The zero-order valence-electron chi connectivity index (χ0n) is 7.12. The van der Waals surface area contributed by atoms with Gasteiger partial charge in [0, 0.05) is 0 Å². The first-order valence-corrected chi connectivity index (χ1v) is 3.67. The van der Waals surface area contributed by atoms with Crippen LogP contribution in [0.1, 0.15) is 0 Å². The molecule has 1 aromatic carbocycles. The Hall–Kier alpha value is -1.58. The van der Waals surface area contributed by atoms with Gasteiger partial charge in [0.05, 0.1) is 7.11 Å². The summed E-state index contributed by atoms with van der Waals surface area (Å²) in [5, 5.41) is 0. The standard InChI is InChI=1S/C9H9FO3/c1-12-9(11)6-13-8-4-2-7(10)3-5-8/h2-5H,6H2,1H3. The third-order valence-electron chi connectivity index (χ3n) is 1.40. The quantitative estimate of drug-likeness (QED) is 0.665. The van der Waals surface area contributed by atoms with Gasteiger partial charge in [0.1, 0.15) is 11.6 Å². The molecule has 4 heteroatoms. The summed E-state index contributed by atoms with van der Waals surface area (Å²) in [5.41, 5.74) is 0. The van der Waals surface area contributed by atoms with Gasteiger partial charge in [-0.1, -0.05) is 0 Å². The number of carbonyl (C=O) groups excluding carboxylic acids is 1. The summed E-state index contributed by atoms with van der Waals surface area (Å²) >= 11 is 0. The van der Waals surface area contributed by atoms with Crippen LogP contribution in [0.5, 0.6) is 5.75 Å². The maximum absolute atomic E-state index is 12.4. The van der Waals surface area contributed by atoms with E-state index >= 15 is 0 Å². The minimum atomic E-state index is -0.468. The molecule has 0 amide bonds. The van der Waals surface area contributed by atoms with E-state index in [0.717, 1.165) is 0 Å². The van der Waals surface area contributed by atoms with E-state index in [1.165, 1.54) is 31.4 Å². The van der Waals surface area contributed by atoms with E-state index in [4.69, 9.17) is 4.74 Å². The highest BCUT2D eigenvalue weighted by Gasteiger charge is 2.00. The third-order valence-corrected chi connectivity index (χ3v) is 1.40. The molecule has 0 saturated carbocycles. The normalized spacial score (nSPS) is 9.38. The van der Waals surface area contributed by atoms with Gasteiger partial charge in [0.25, 0.3) is 0 Å². The van der Waals surface area contributed by atoms with Crippen molar-refractivity contribution in [3.63, 3.8) is 0 Å². The van der Waals surface area contributed by atoms with E-state index in [0.29, 0.717) is 5.75 Å². The number of rotatable bonds is 3. The Morgan fingerprint density at radius 2 is 2.00 bits per heavy atom. The summed E-state index contributed by atoms with van der Waals surface area (Å²) in [4.78, 5) is 10.6. The van der Waals surface area contributed by atoms with E-state index in [2.05, 4.69) is 4.74 Å². The summed E-state index contributed by atoms with van der Waals surface area (Å²) in [7, 11) is 1.27. The molecule has 0 aromatic heterocycles. The Morgan fingerprint density at radius 1 is 1.38 bits per heavy atom. The predicted octanol–water partition coefficient (Wildman–Crippen LogP) is 1.38. The van der Waals surface area contributed by atoms with Crippen molar-refractivity contribution in [3.05, 3.63) is 30.1 Å². The third kappa shape index (κ3) is 3.11. The number of benzene rings is 1. The minimum absolute atomic E-state index is 0.165. The maximum Gasteiger partial charge on any atom is 0.343 e. The summed E-state index contributed by atoms with van der Waals surface area (Å²) in [5.74, 6) is -0.374. The number of hydrogen-bond donors (Lipinski definition) is 0. The van der Waals surface area contributed by atoms with E-state index < -0.39 is 5.97 Å². The van der Waals surface area contributed by atoms with Crippen molar-refractivity contribution in [2.75, 3.05) is 13.7 Å². The van der Waals surface area contributed by atoms with Crippen molar-refractivity contribution in [2.24, 2.45) is 0 Å². The molecule has 0 atom stereocenters. The number of ether oxygens (including phenoxy) is 2. The van der Waals surface area contributed by atoms with Crippen LogP contribution in [0.3, 0.4) is 0 Å². The fourth-order valence-electron chi connectivity index (χ4n) is 0.732. The Kier molecular flexibility index (Phi) is 3.25. The fraction of sp³-hybridized carbons (Fsp3) is 0.222. The van der Waals surface area contributed by atoms with Crippen LogP contribution >= 0.6 is 0 Å². The molecule has 0 aliphatic carbocycles. The predicted molar refractivity (Wildman–Crippen MR) is 43.9 cm³/mol. The van der Waals surface area contributed by atoms with Gasteiger partial charge in [-0.05, 0) is 24.3 Å². The van der Waals surface area contributed by atoms with Gasteiger partial charge in [-0.3, -0.25) is 0 Å². The van der Waals surface area contributed by atoms with Crippen molar-refractivity contribution >= 4 is 5.97 Å². The Labute approximate surface area is 75.1 Å². The first kappa shape index (κ1) is 9.51. The molecule has 1 aromatic rings. The average molecular weight is 184 g/mol. The van der Waals surface area contributed by atoms with Gasteiger partial charge >= 0.3 is 5.97 Å². The zero-order chi connectivity index (χ0) is 9.68. The number of esters is 1. The number of methoxy groups -OCH3 is 1. The van der Waals surface area contributed by atoms with Gasteiger partial charge in [-0.2, -0.15) is 0 Å². The summed E-state index contributed by atoms with van der Waals surface area (Å²) < 4.78 is 21.7. The van der Waals surface area contributed by atoms with Gasteiger partial charge in [0.2, 0.25) is 0 Å². The molecule has 3 nitrogen and oxygen atoms in total. The van der Waals surface area contributed by atoms with Gasteiger partial charge in [-0.15, -0.1) is 0 Å². The lowest BCUT2D eigenvalue weighted by Gasteiger charge is -2.03. The Morgan fingerprint density at radius 3 is 2.54 bits per heavy atom. The SMILES string of the molecule is COC(=O)COc1ccc(F)cc1. The van der Waals surface area contributed by atoms with Crippen molar-refractivity contribution in [2.45, 2.75) is 0 Å². The highest BCUT2D eigenvalue weighted by atomic mass is 19.1. The largest absolute Gasteiger partial charge is 0.482 e. The lowest BCUT2D eigenvalue weighted by atomic mass is 10.3. The van der Waals surface area contributed by atoms with Crippen LogP contribution in [0.4, 0.5) is 4.39 Å². The molecule has 0 N–H and O–H groups in total. The highest BCUT2D eigenvalue weighted by molar-refractivity contribution is 5.70. The fourth-order valence-corrected chi connectivity index (χ4v) is 0.732. The smallest absolute Gasteiger partial charge is 0.343 e. The van der Waals surface area contributed by atoms with Crippen molar-refractivity contribution in [1.82, 2.24) is 0 Å². The van der Waals surface area contributed by atoms with Crippen LogP contribution in [0.25, 0.3) is 0 Å². The van der Waals surface area contributed by atoms with E-state index in [1.54, 1.807) is 0 Å². The van der Waals surface area contributed by atoms with Gasteiger partial charge < -0.3 is 9.47 Å². The molecule has 0 unspecified atom stereocenters. The second-order valence-electron chi connectivity index (χ2n) is 2.32. The maximum atomic E-state index is 12.4. The molecule has 0 spiro atoms. The molecular formula is C9H9FO3. The summed E-state index contributed by atoms with van der Waals surface area (Å²) in [6.07, 6.45) is 0. The van der Waals surface area contributed by atoms with Gasteiger partial charge in [0.15, 0.2) is 6.61 Å². The molecule has 0 bridgehead atoms. The van der Waals surface area contributed by atoms with Crippen LogP contribution in [0.2, 0.25) is 0 Å². The van der Waals surface area contributed by atoms with E-state index in [1.807, 2.05) is 0 Å². The zero-order valence-corrected chi connectivity index (χ0v) is 7.12. The molecule has 70 valence electrons. The molecule has 0 radical (unpaired) electrons. The first-order chi connectivity index (χ1) is 6.22. The lowest BCUT2D eigenvalue weighted by molar-refractivity contribution is -0.142. The molecule has 0 aliphatic rings. The topological polar surface area (TPSA) is 35.5 Å². The van der Waals surface area contributed by atoms with Crippen molar-refractivity contribution in [3.8, 4) is 5.75 Å². The van der Waals surface area contributed by atoms with Crippen LogP contribution < -0.4 is 4.74 Å². The Balaban J connectivity index is 2.46. The average Bonchev–Trinajstić information content (AvgIpc) is 2.16. The molecule has 0 fully saturated rings. The molecule has 0 saturated heterocycles. The number of carbonyl (C=O) groups is 1. The van der Waals surface area contributed by atoms with E-state index in [9.17, 15) is 9.18 Å². The second-order valence-corrected chi connectivity index (χ2v) is 2.32. The van der Waals surface area contributed by atoms with Crippen LogP contribution in [-0.4, -0.2) is 19.7 Å². The highest BCUT2D eigenvalue weighted by Crippen LogP contribution is 2.10. The first-order valence-electron chi connectivity index (χ1n) is 3.67. The van der Waals surface area contributed by atoms with Crippen molar-refractivity contribution in [1.29, 1.82) is 0 Å². The summed E-state index contributed by atoms with van der Waals surface area (Å²) in [6.45, 7) is -0.165.